The molecule has 1 aliphatic rings. The number of rotatable bonds is 15. The van der Waals surface area contributed by atoms with Crippen molar-refractivity contribution in [2.75, 3.05) is 25.0 Å². The van der Waals surface area contributed by atoms with Gasteiger partial charge in [-0.1, -0.05) is 114 Å². The molecule has 0 saturated carbocycles. The SMILES string of the molecule is CCCCN(CCCC)C(=O)c1cc(C)n(-c2ccc(NC(=O)Cc3cccc4ccccc34)cc2C(=O)N2Cc3ccccc3CC2CO[Si](C)(C)C(C)(C)C)n1. The van der Waals surface area contributed by atoms with Gasteiger partial charge in [0.05, 0.1) is 30.3 Å². The first-order chi connectivity index (χ1) is 27.7. The van der Waals surface area contributed by atoms with Gasteiger partial charge in [-0.2, -0.15) is 5.10 Å². The van der Waals surface area contributed by atoms with Gasteiger partial charge in [-0.25, -0.2) is 4.68 Å². The zero-order chi connectivity index (χ0) is 41.6. The second kappa shape index (κ2) is 18.2. The lowest BCUT2D eigenvalue weighted by Gasteiger charge is -2.41. The number of hydrogen-bond donors (Lipinski definition) is 1. The molecule has 1 unspecified atom stereocenters. The molecule has 1 N–H and O–H groups in total. The van der Waals surface area contributed by atoms with Crippen LogP contribution in [0.25, 0.3) is 16.5 Å². The van der Waals surface area contributed by atoms with Gasteiger partial charge < -0.3 is 19.5 Å². The highest BCUT2D eigenvalue weighted by atomic mass is 28.4. The van der Waals surface area contributed by atoms with Gasteiger partial charge in [0.15, 0.2) is 14.0 Å². The number of carbonyl (C=O) groups is 3. The summed E-state index contributed by atoms with van der Waals surface area (Å²) in [6.07, 6.45) is 4.66. The maximum absolute atomic E-state index is 15.3. The average molecular weight is 800 g/mol. The van der Waals surface area contributed by atoms with Gasteiger partial charge in [0.25, 0.3) is 11.8 Å². The molecule has 5 aromatic rings. The summed E-state index contributed by atoms with van der Waals surface area (Å²) in [6, 6.07) is 29.3. The van der Waals surface area contributed by atoms with E-state index in [0.717, 1.165) is 53.3 Å². The minimum atomic E-state index is -2.14. The number of nitrogens with zero attached hydrogens (tertiary/aromatic N) is 4. The summed E-state index contributed by atoms with van der Waals surface area (Å²) >= 11 is 0. The molecule has 58 heavy (non-hydrogen) atoms. The average Bonchev–Trinajstić information content (AvgIpc) is 3.59. The molecule has 2 heterocycles. The minimum absolute atomic E-state index is 0.00950. The van der Waals surface area contributed by atoms with Crippen LogP contribution in [-0.2, 0) is 28.6 Å². The van der Waals surface area contributed by atoms with E-state index in [1.165, 1.54) is 5.56 Å². The van der Waals surface area contributed by atoms with Gasteiger partial charge in [0.2, 0.25) is 5.91 Å². The van der Waals surface area contributed by atoms with Crippen molar-refractivity contribution in [1.29, 1.82) is 0 Å². The number of nitrogens with one attached hydrogen (secondary N) is 1. The minimum Gasteiger partial charge on any atom is -0.415 e. The van der Waals surface area contributed by atoms with Crippen molar-refractivity contribution in [2.24, 2.45) is 0 Å². The molecule has 1 aliphatic heterocycles. The number of unbranched alkanes of at least 4 members (excludes halogenated alkanes) is 2. The topological polar surface area (TPSA) is 96.8 Å². The van der Waals surface area contributed by atoms with Gasteiger partial charge in [-0.3, -0.25) is 14.4 Å². The standard InChI is InChI=1S/C48H61N5O4Si/c1-9-11-26-51(27-12-10-2)47(56)43-28-34(3)53(50-43)44-25-24-39(49-45(54)30-37-22-17-21-35-18-15-16-23-41(35)37)31-42(44)46(55)52-32-38-20-14-13-19-36(38)29-40(52)33-57-58(7,8)48(4,5)6/h13-25,28,31,40H,9-12,26-27,29-30,32-33H2,1-8H3,(H,49,54). The van der Waals surface area contributed by atoms with Crippen molar-refractivity contribution in [2.45, 2.75) is 111 Å². The van der Waals surface area contributed by atoms with Gasteiger partial charge in [-0.15, -0.1) is 0 Å². The van der Waals surface area contributed by atoms with Crippen LogP contribution in [0.1, 0.15) is 104 Å². The summed E-state index contributed by atoms with van der Waals surface area (Å²) < 4.78 is 8.51. The van der Waals surface area contributed by atoms with E-state index in [9.17, 15) is 9.59 Å². The number of benzene rings is 4. The molecule has 0 spiro atoms. The summed E-state index contributed by atoms with van der Waals surface area (Å²) in [5, 5.41) is 10.1. The van der Waals surface area contributed by atoms with Crippen LogP contribution in [0.3, 0.4) is 0 Å². The molecule has 0 saturated heterocycles. The Bertz CT molecular complexity index is 2240. The molecule has 0 bridgehead atoms. The molecule has 1 atom stereocenters. The maximum atomic E-state index is 15.3. The first-order valence-corrected chi connectivity index (χ1v) is 23.9. The molecule has 10 heteroatoms. The predicted molar refractivity (Wildman–Crippen MR) is 237 cm³/mol. The van der Waals surface area contributed by atoms with Crippen molar-refractivity contribution in [3.8, 4) is 5.69 Å². The Labute approximate surface area is 345 Å². The monoisotopic (exact) mass is 799 g/mol. The number of aryl methyl sites for hydroxylation is 1. The van der Waals surface area contributed by atoms with Crippen molar-refractivity contribution < 1.29 is 18.8 Å². The Morgan fingerprint density at radius 3 is 2.26 bits per heavy atom. The van der Waals surface area contributed by atoms with E-state index >= 15 is 4.79 Å². The van der Waals surface area contributed by atoms with Crippen LogP contribution < -0.4 is 5.32 Å². The summed E-state index contributed by atoms with van der Waals surface area (Å²) in [5.41, 5.74) is 5.77. The molecule has 0 fully saturated rings. The van der Waals surface area contributed by atoms with Gasteiger partial charge in [0, 0.05) is 31.0 Å². The second-order valence-electron chi connectivity index (χ2n) is 17.3. The van der Waals surface area contributed by atoms with Gasteiger partial charge >= 0.3 is 0 Å². The highest BCUT2D eigenvalue weighted by molar-refractivity contribution is 6.74. The van der Waals surface area contributed by atoms with Crippen LogP contribution in [0, 0.1) is 6.92 Å². The summed E-state index contributed by atoms with van der Waals surface area (Å²) in [6.45, 7) is 19.5. The first-order valence-electron chi connectivity index (χ1n) is 21.0. The van der Waals surface area contributed by atoms with E-state index in [0.29, 0.717) is 55.3 Å². The Morgan fingerprint density at radius 2 is 1.55 bits per heavy atom. The molecular weight excluding hydrogens is 739 g/mol. The molecule has 0 radical (unpaired) electrons. The van der Waals surface area contributed by atoms with E-state index in [1.54, 1.807) is 10.7 Å². The zero-order valence-electron chi connectivity index (χ0n) is 35.7. The Morgan fingerprint density at radius 1 is 0.879 bits per heavy atom. The maximum Gasteiger partial charge on any atom is 0.274 e. The molecule has 306 valence electrons. The number of carbonyl (C=O) groups excluding carboxylic acids is 3. The first kappa shape index (κ1) is 42.5. The van der Waals surface area contributed by atoms with Crippen LogP contribution in [0.4, 0.5) is 5.69 Å². The fourth-order valence-corrected chi connectivity index (χ4v) is 8.48. The predicted octanol–water partition coefficient (Wildman–Crippen LogP) is 10.1. The van der Waals surface area contributed by atoms with Crippen LogP contribution in [0.5, 0.6) is 0 Å². The van der Waals surface area contributed by atoms with E-state index in [2.05, 4.69) is 71.2 Å². The number of fused-ring (bicyclic) bond motifs is 2. The lowest BCUT2D eigenvalue weighted by molar-refractivity contribution is -0.115. The van der Waals surface area contributed by atoms with Crippen molar-refractivity contribution in [3.05, 3.63) is 125 Å². The number of amides is 3. The van der Waals surface area contributed by atoms with Crippen LogP contribution in [0.15, 0.2) is 91.0 Å². The molecule has 9 nitrogen and oxygen atoms in total. The molecule has 4 aromatic carbocycles. The molecule has 1 aromatic heterocycles. The van der Waals surface area contributed by atoms with E-state index < -0.39 is 8.32 Å². The summed E-state index contributed by atoms with van der Waals surface area (Å²) in [5.74, 6) is -0.476. The van der Waals surface area contributed by atoms with Crippen LogP contribution in [-0.4, -0.2) is 71.4 Å². The Kier molecular flexibility index (Phi) is 13.4. The molecular formula is C48H61N5O4Si. The van der Waals surface area contributed by atoms with E-state index in [1.807, 2.05) is 83.5 Å². The highest BCUT2D eigenvalue weighted by Crippen LogP contribution is 2.38. The van der Waals surface area contributed by atoms with Gasteiger partial charge in [-0.05, 0) is 96.0 Å². The van der Waals surface area contributed by atoms with Crippen molar-refractivity contribution in [3.63, 3.8) is 0 Å². The fourth-order valence-electron chi connectivity index (χ4n) is 7.44. The van der Waals surface area contributed by atoms with Crippen LogP contribution in [0.2, 0.25) is 18.1 Å². The normalized spacial score (nSPS) is 14.3. The molecule has 3 amide bonds. The number of aromatic nitrogens is 2. The third-order valence-corrected chi connectivity index (χ3v) is 16.5. The van der Waals surface area contributed by atoms with Gasteiger partial charge in [0.1, 0.15) is 0 Å². The lowest BCUT2D eigenvalue weighted by Crippen LogP contribution is -2.50. The largest absolute Gasteiger partial charge is 0.415 e. The van der Waals surface area contributed by atoms with E-state index in [4.69, 9.17) is 9.52 Å². The number of anilines is 1. The zero-order valence-corrected chi connectivity index (χ0v) is 36.7. The lowest BCUT2D eigenvalue weighted by atomic mass is 9.93. The highest BCUT2D eigenvalue weighted by Gasteiger charge is 2.40. The van der Waals surface area contributed by atoms with Crippen molar-refractivity contribution in [1.82, 2.24) is 19.6 Å². The Balaban J connectivity index is 1.39. The third kappa shape index (κ3) is 9.62. The second-order valence-corrected chi connectivity index (χ2v) is 22.1. The quantitative estimate of drug-likeness (QED) is 0.106. The Hall–Kier alpha value is -5.06. The smallest absolute Gasteiger partial charge is 0.274 e. The van der Waals surface area contributed by atoms with E-state index in [-0.39, 0.29) is 35.2 Å². The molecule has 0 aliphatic carbocycles. The summed E-state index contributed by atoms with van der Waals surface area (Å²) in [4.78, 5) is 46.7. The molecule has 6 rings (SSSR count). The van der Waals surface area contributed by atoms with Crippen molar-refractivity contribution >= 4 is 42.5 Å². The van der Waals surface area contributed by atoms with Crippen LogP contribution >= 0.6 is 0 Å². The fraction of sp³-hybridized carbons (Fsp3) is 0.417. The third-order valence-electron chi connectivity index (χ3n) is 12.0. The number of hydrogen-bond acceptors (Lipinski definition) is 5. The summed E-state index contributed by atoms with van der Waals surface area (Å²) in [7, 11) is -2.14.